The van der Waals surface area contributed by atoms with E-state index in [1.54, 1.807) is 0 Å². The van der Waals surface area contributed by atoms with E-state index in [2.05, 4.69) is 211 Å². The summed E-state index contributed by atoms with van der Waals surface area (Å²) in [5, 5.41) is 2.69. The highest BCUT2D eigenvalue weighted by Crippen LogP contribution is 2.57. The van der Waals surface area contributed by atoms with Crippen molar-refractivity contribution in [3.63, 3.8) is 0 Å². The highest BCUT2D eigenvalue weighted by atomic mass is 14.5. The summed E-state index contributed by atoms with van der Waals surface area (Å²) in [5.41, 5.74) is 28.5. The molecule has 0 unspecified atom stereocenters. The lowest BCUT2D eigenvalue weighted by Gasteiger charge is -2.31. The Morgan fingerprint density at radius 1 is 0.286 bits per heavy atom. The van der Waals surface area contributed by atoms with Crippen LogP contribution in [-0.2, 0) is 10.8 Å². The third-order valence-corrected chi connectivity index (χ3v) is 15.9. The third kappa shape index (κ3) is 5.34. The molecule has 0 heterocycles. The maximum absolute atomic E-state index is 2.54. The second kappa shape index (κ2) is 14.1. The van der Waals surface area contributed by atoms with E-state index in [0.29, 0.717) is 0 Å². The first-order valence-corrected chi connectivity index (χ1v) is 23.3. The van der Waals surface area contributed by atoms with Gasteiger partial charge in [-0.05, 0) is 173 Å². The van der Waals surface area contributed by atoms with Gasteiger partial charge in [-0.1, -0.05) is 191 Å². The van der Waals surface area contributed by atoms with E-state index < -0.39 is 0 Å². The van der Waals surface area contributed by atoms with Crippen LogP contribution in [0.3, 0.4) is 0 Å². The van der Waals surface area contributed by atoms with Gasteiger partial charge in [-0.3, -0.25) is 0 Å². The SMILES string of the molecule is CCC1(CC)c2cc(C)ccc2-c2ccc(-c3ccc4c(c3)C(CC)(CC)c3cc(-c5ccc(-c6ccc(-c7ccc8c9c(cccc79)-c7ccccc7-8)cc6)cc5)ccc3-4)cc21. The fraction of sp³-hybridized carbons (Fsp3) is 0.175. The fourth-order valence-electron chi connectivity index (χ4n) is 12.4. The van der Waals surface area contributed by atoms with Gasteiger partial charge in [0.2, 0.25) is 0 Å². The van der Waals surface area contributed by atoms with Crippen molar-refractivity contribution in [2.45, 2.75) is 71.1 Å². The molecule has 304 valence electrons. The van der Waals surface area contributed by atoms with E-state index in [1.165, 1.54) is 128 Å². The van der Waals surface area contributed by atoms with Crippen LogP contribution in [0.4, 0.5) is 0 Å². The predicted molar refractivity (Wildman–Crippen MR) is 268 cm³/mol. The summed E-state index contributed by atoms with van der Waals surface area (Å²) >= 11 is 0. The molecule has 0 nitrogen and oxygen atoms in total. The quantitative estimate of drug-likeness (QED) is 0.143. The summed E-state index contributed by atoms with van der Waals surface area (Å²) < 4.78 is 0. The van der Waals surface area contributed by atoms with Crippen LogP contribution in [0.25, 0.3) is 99.8 Å². The zero-order valence-electron chi connectivity index (χ0n) is 37.1. The first kappa shape index (κ1) is 38.0. The van der Waals surface area contributed by atoms with Gasteiger partial charge < -0.3 is 0 Å². The smallest absolute Gasteiger partial charge is 0.0210 e. The number of hydrogen-bond acceptors (Lipinski definition) is 0. The lowest BCUT2D eigenvalue weighted by atomic mass is 9.72. The van der Waals surface area contributed by atoms with Crippen LogP contribution in [0.15, 0.2) is 176 Å². The predicted octanol–water partition coefficient (Wildman–Crippen LogP) is 17.6. The van der Waals surface area contributed by atoms with Crippen molar-refractivity contribution in [3.8, 4) is 89.0 Å². The summed E-state index contributed by atoms with van der Waals surface area (Å²) in [6, 6.07) is 67.5. The van der Waals surface area contributed by atoms with Crippen molar-refractivity contribution in [2.24, 2.45) is 0 Å². The lowest BCUT2D eigenvalue weighted by molar-refractivity contribution is 0.490. The Labute approximate surface area is 373 Å². The van der Waals surface area contributed by atoms with E-state index in [4.69, 9.17) is 0 Å². The maximum atomic E-state index is 2.54. The van der Waals surface area contributed by atoms with Gasteiger partial charge in [0.25, 0.3) is 0 Å². The second-order valence-corrected chi connectivity index (χ2v) is 18.5. The zero-order valence-corrected chi connectivity index (χ0v) is 37.1. The molecule has 0 saturated carbocycles. The topological polar surface area (TPSA) is 0 Å². The van der Waals surface area contributed by atoms with Crippen molar-refractivity contribution in [1.82, 2.24) is 0 Å². The molecule has 0 aliphatic heterocycles. The van der Waals surface area contributed by atoms with Gasteiger partial charge >= 0.3 is 0 Å². The molecule has 0 aromatic heterocycles. The zero-order chi connectivity index (χ0) is 42.6. The minimum atomic E-state index is -0.0333. The first-order chi connectivity index (χ1) is 30.9. The molecule has 0 spiro atoms. The summed E-state index contributed by atoms with van der Waals surface area (Å²) in [6.07, 6.45) is 4.34. The van der Waals surface area contributed by atoms with Crippen molar-refractivity contribution in [3.05, 3.63) is 204 Å². The lowest BCUT2D eigenvalue weighted by Crippen LogP contribution is -2.23. The van der Waals surface area contributed by atoms with Crippen LogP contribution >= 0.6 is 0 Å². The number of aryl methyl sites for hydroxylation is 1. The molecule has 0 amide bonds. The van der Waals surface area contributed by atoms with Crippen LogP contribution < -0.4 is 0 Å². The van der Waals surface area contributed by atoms with Crippen molar-refractivity contribution >= 4 is 10.8 Å². The highest BCUT2D eigenvalue weighted by molar-refractivity contribution is 6.18. The molecule has 0 heteroatoms. The average molecular weight is 809 g/mol. The number of rotatable bonds is 8. The van der Waals surface area contributed by atoms with E-state index >= 15 is 0 Å². The van der Waals surface area contributed by atoms with Crippen LogP contribution in [0.2, 0.25) is 0 Å². The maximum Gasteiger partial charge on any atom is 0.0210 e. The molecule has 12 rings (SSSR count). The average Bonchev–Trinajstić information content (AvgIpc) is 3.93. The molecular formula is C63H52. The summed E-state index contributed by atoms with van der Waals surface area (Å²) in [5.74, 6) is 0. The Bertz CT molecular complexity index is 3280. The second-order valence-electron chi connectivity index (χ2n) is 18.5. The summed E-state index contributed by atoms with van der Waals surface area (Å²) in [6.45, 7) is 11.7. The molecule has 0 fully saturated rings. The number of fused-ring (bicyclic) bond motifs is 9. The van der Waals surface area contributed by atoms with Crippen molar-refractivity contribution < 1.29 is 0 Å². The minimum Gasteiger partial charge on any atom is -0.0642 e. The molecule has 0 atom stereocenters. The highest BCUT2D eigenvalue weighted by Gasteiger charge is 2.42. The molecule has 9 aromatic rings. The molecule has 3 aliphatic carbocycles. The Morgan fingerprint density at radius 2 is 0.635 bits per heavy atom. The van der Waals surface area contributed by atoms with Gasteiger partial charge in [-0.25, -0.2) is 0 Å². The summed E-state index contributed by atoms with van der Waals surface area (Å²) in [7, 11) is 0. The van der Waals surface area contributed by atoms with Crippen LogP contribution in [0, 0.1) is 6.92 Å². The number of hydrogen-bond donors (Lipinski definition) is 0. The fourth-order valence-corrected chi connectivity index (χ4v) is 12.4. The van der Waals surface area contributed by atoms with Gasteiger partial charge in [0.1, 0.15) is 0 Å². The van der Waals surface area contributed by atoms with Gasteiger partial charge in [0.15, 0.2) is 0 Å². The van der Waals surface area contributed by atoms with E-state index in [9.17, 15) is 0 Å². The van der Waals surface area contributed by atoms with Crippen LogP contribution in [0.5, 0.6) is 0 Å². The Hall–Kier alpha value is -6.76. The summed E-state index contributed by atoms with van der Waals surface area (Å²) in [4.78, 5) is 0. The van der Waals surface area contributed by atoms with Crippen LogP contribution in [0.1, 0.15) is 81.2 Å². The van der Waals surface area contributed by atoms with E-state index in [-0.39, 0.29) is 10.8 Å². The Morgan fingerprint density at radius 3 is 1.13 bits per heavy atom. The molecule has 9 aromatic carbocycles. The standard InChI is InChI=1S/C63H52/c1-6-62(7-2)57-35-39(5)17-29-50(57)51-31-27-45(37-59(51)62)46-28-32-53-52-30-26-44(36-58(52)63(8-3,9-4)60(53)38-46)42-20-18-40(19-21-42)41-22-24-43(25-23-41)47-33-34-56-49-14-11-10-13-48(49)55-16-12-15-54(47)61(55)56/h10-38H,6-9H2,1-5H3. The minimum absolute atomic E-state index is 0.0333. The molecular weight excluding hydrogens is 757 g/mol. The normalized spacial score (nSPS) is 14.3. The molecule has 0 bridgehead atoms. The third-order valence-electron chi connectivity index (χ3n) is 15.9. The monoisotopic (exact) mass is 808 g/mol. The van der Waals surface area contributed by atoms with Gasteiger partial charge in [-0.15, -0.1) is 0 Å². The molecule has 0 radical (unpaired) electrons. The Balaban J connectivity index is 0.841. The van der Waals surface area contributed by atoms with Crippen molar-refractivity contribution in [1.29, 1.82) is 0 Å². The van der Waals surface area contributed by atoms with Gasteiger partial charge in [0.05, 0.1) is 0 Å². The number of benzene rings is 9. The van der Waals surface area contributed by atoms with E-state index in [0.717, 1.165) is 25.7 Å². The molecule has 3 aliphatic rings. The van der Waals surface area contributed by atoms with Crippen molar-refractivity contribution in [2.75, 3.05) is 0 Å². The molecule has 63 heavy (non-hydrogen) atoms. The molecule has 0 N–H and O–H groups in total. The Kier molecular flexibility index (Phi) is 8.51. The van der Waals surface area contributed by atoms with Gasteiger partial charge in [0, 0.05) is 10.8 Å². The van der Waals surface area contributed by atoms with E-state index in [1.807, 2.05) is 0 Å². The molecule has 0 saturated heterocycles. The van der Waals surface area contributed by atoms with Gasteiger partial charge in [-0.2, -0.15) is 0 Å². The largest absolute Gasteiger partial charge is 0.0642 e. The van der Waals surface area contributed by atoms with Crippen LogP contribution in [-0.4, -0.2) is 0 Å². The first-order valence-electron chi connectivity index (χ1n) is 23.3.